The van der Waals surface area contributed by atoms with Gasteiger partial charge in [0, 0.05) is 18.8 Å². The minimum atomic E-state index is -0.0524. The van der Waals surface area contributed by atoms with Gasteiger partial charge in [0.05, 0.1) is 13.2 Å². The second-order valence-electron chi connectivity index (χ2n) is 5.93. The van der Waals surface area contributed by atoms with Crippen LogP contribution in [0.1, 0.15) is 23.6 Å². The molecular weight excluding hydrogens is 300 g/mol. The highest BCUT2D eigenvalue weighted by Gasteiger charge is 2.13. The number of carbonyl (C=O) groups is 1. The van der Waals surface area contributed by atoms with Crippen LogP contribution in [0.5, 0.6) is 0 Å². The predicted octanol–water partition coefficient (Wildman–Crippen LogP) is 2.99. The van der Waals surface area contributed by atoms with E-state index in [1.54, 1.807) is 0 Å². The number of anilines is 1. The Morgan fingerprint density at radius 2 is 1.88 bits per heavy atom. The molecule has 0 heterocycles. The maximum Gasteiger partial charge on any atom is 0.238 e. The van der Waals surface area contributed by atoms with Crippen molar-refractivity contribution < 1.29 is 9.90 Å². The predicted molar refractivity (Wildman–Crippen MR) is 98.0 cm³/mol. The molecule has 2 aromatic carbocycles. The summed E-state index contributed by atoms with van der Waals surface area (Å²) in [6.45, 7) is 5.49. The van der Waals surface area contributed by atoms with Gasteiger partial charge in [-0.1, -0.05) is 55.5 Å². The molecule has 0 radical (unpaired) electrons. The van der Waals surface area contributed by atoms with Crippen LogP contribution in [0.3, 0.4) is 0 Å². The average Bonchev–Trinajstić information content (AvgIpc) is 2.58. The summed E-state index contributed by atoms with van der Waals surface area (Å²) in [6, 6.07) is 16.0. The number of hydrogen-bond donors (Lipinski definition) is 2. The molecule has 0 atom stereocenters. The molecule has 2 rings (SSSR count). The van der Waals surface area contributed by atoms with Crippen LogP contribution in [-0.2, 0) is 17.8 Å². The molecule has 24 heavy (non-hydrogen) atoms. The van der Waals surface area contributed by atoms with Crippen LogP contribution in [0, 0.1) is 6.92 Å². The summed E-state index contributed by atoms with van der Waals surface area (Å²) in [5, 5.41) is 12.3. The molecule has 0 unspecified atom stereocenters. The number of benzene rings is 2. The lowest BCUT2D eigenvalue weighted by Crippen LogP contribution is -2.35. The number of carbonyl (C=O) groups excluding carboxylic acids is 1. The van der Waals surface area contributed by atoms with Gasteiger partial charge in [0.1, 0.15) is 0 Å². The topological polar surface area (TPSA) is 52.6 Å². The Bertz CT molecular complexity index is 656. The van der Waals surface area contributed by atoms with Crippen molar-refractivity contribution in [2.75, 3.05) is 25.0 Å². The van der Waals surface area contributed by atoms with Crippen LogP contribution in [0.4, 0.5) is 5.69 Å². The van der Waals surface area contributed by atoms with Gasteiger partial charge in [-0.15, -0.1) is 0 Å². The molecular formula is C20H26N2O2. The second kappa shape index (κ2) is 9.21. The van der Waals surface area contributed by atoms with E-state index in [4.69, 9.17) is 0 Å². The fourth-order valence-electron chi connectivity index (χ4n) is 2.78. The minimum absolute atomic E-state index is 0.0324. The Morgan fingerprint density at radius 3 is 2.54 bits per heavy atom. The van der Waals surface area contributed by atoms with Gasteiger partial charge in [-0.25, -0.2) is 0 Å². The Hall–Kier alpha value is -2.17. The summed E-state index contributed by atoms with van der Waals surface area (Å²) >= 11 is 0. The number of rotatable bonds is 8. The molecule has 0 aliphatic carbocycles. The first-order chi connectivity index (χ1) is 11.6. The zero-order valence-electron chi connectivity index (χ0n) is 14.5. The van der Waals surface area contributed by atoms with Crippen LogP contribution < -0.4 is 5.32 Å². The zero-order valence-corrected chi connectivity index (χ0v) is 14.5. The molecule has 2 N–H and O–H groups in total. The summed E-state index contributed by atoms with van der Waals surface area (Å²) in [7, 11) is 0. The fraction of sp³-hybridized carbons (Fsp3) is 0.350. The standard InChI is InChI=1S/C20H26N2O2/c1-3-18-11-7-8-16(2)20(18)21-19(24)15-22(12-13-23)14-17-9-5-4-6-10-17/h4-11,23H,3,12-15H2,1-2H3,(H,21,24). The van der Waals surface area contributed by atoms with Gasteiger partial charge < -0.3 is 10.4 Å². The van der Waals surface area contributed by atoms with Crippen molar-refractivity contribution in [3.63, 3.8) is 0 Å². The summed E-state index contributed by atoms with van der Waals surface area (Å²) in [4.78, 5) is 14.4. The Morgan fingerprint density at radius 1 is 1.12 bits per heavy atom. The number of amides is 1. The molecule has 4 heteroatoms. The lowest BCUT2D eigenvalue weighted by molar-refractivity contribution is -0.117. The van der Waals surface area contributed by atoms with Gasteiger partial charge in [0.2, 0.25) is 5.91 Å². The Balaban J connectivity index is 2.03. The van der Waals surface area contributed by atoms with E-state index in [0.717, 1.165) is 28.8 Å². The number of nitrogens with one attached hydrogen (secondary N) is 1. The highest BCUT2D eigenvalue weighted by molar-refractivity contribution is 5.93. The Kier molecular flexibility index (Phi) is 6.97. The summed E-state index contributed by atoms with van der Waals surface area (Å²) in [5.41, 5.74) is 4.25. The Labute approximate surface area is 144 Å². The van der Waals surface area contributed by atoms with E-state index in [9.17, 15) is 9.90 Å². The lowest BCUT2D eigenvalue weighted by Gasteiger charge is -2.21. The number of aliphatic hydroxyl groups excluding tert-OH is 1. The molecule has 0 bridgehead atoms. The van der Waals surface area contributed by atoms with E-state index in [1.807, 2.05) is 60.4 Å². The first-order valence-electron chi connectivity index (χ1n) is 8.39. The molecule has 2 aromatic rings. The third-order valence-electron chi connectivity index (χ3n) is 4.04. The maximum atomic E-state index is 12.5. The molecule has 128 valence electrons. The van der Waals surface area contributed by atoms with Crippen molar-refractivity contribution in [3.8, 4) is 0 Å². The van der Waals surface area contributed by atoms with Gasteiger partial charge in [-0.2, -0.15) is 0 Å². The molecule has 0 saturated carbocycles. The van der Waals surface area contributed by atoms with Gasteiger partial charge in [-0.05, 0) is 30.0 Å². The highest BCUT2D eigenvalue weighted by Crippen LogP contribution is 2.21. The average molecular weight is 326 g/mol. The quantitative estimate of drug-likeness (QED) is 0.784. The molecule has 0 saturated heterocycles. The van der Waals surface area contributed by atoms with Crippen LogP contribution in [0.2, 0.25) is 0 Å². The summed E-state index contributed by atoms with van der Waals surface area (Å²) in [6.07, 6.45) is 0.877. The smallest absolute Gasteiger partial charge is 0.238 e. The number of aryl methyl sites for hydroxylation is 2. The monoisotopic (exact) mass is 326 g/mol. The molecule has 0 fully saturated rings. The second-order valence-corrected chi connectivity index (χ2v) is 5.93. The first-order valence-corrected chi connectivity index (χ1v) is 8.39. The van der Waals surface area contributed by atoms with Gasteiger partial charge in [-0.3, -0.25) is 9.69 Å². The van der Waals surface area contributed by atoms with Crippen LogP contribution in [0.15, 0.2) is 48.5 Å². The van der Waals surface area contributed by atoms with E-state index in [-0.39, 0.29) is 19.1 Å². The minimum Gasteiger partial charge on any atom is -0.395 e. The van der Waals surface area contributed by atoms with Crippen molar-refractivity contribution in [2.24, 2.45) is 0 Å². The summed E-state index contributed by atoms with van der Waals surface area (Å²) < 4.78 is 0. The highest BCUT2D eigenvalue weighted by atomic mass is 16.3. The molecule has 0 aromatic heterocycles. The van der Waals surface area contributed by atoms with Crippen molar-refractivity contribution in [1.82, 2.24) is 4.90 Å². The zero-order chi connectivity index (χ0) is 17.4. The van der Waals surface area contributed by atoms with E-state index >= 15 is 0 Å². The third-order valence-corrected chi connectivity index (χ3v) is 4.04. The normalized spacial score (nSPS) is 10.8. The van der Waals surface area contributed by atoms with Crippen molar-refractivity contribution in [2.45, 2.75) is 26.8 Å². The summed E-state index contributed by atoms with van der Waals surface area (Å²) in [5.74, 6) is -0.0524. The molecule has 1 amide bonds. The number of nitrogens with zero attached hydrogens (tertiary/aromatic N) is 1. The lowest BCUT2D eigenvalue weighted by atomic mass is 10.1. The maximum absolute atomic E-state index is 12.5. The van der Waals surface area contributed by atoms with Gasteiger partial charge in [0.15, 0.2) is 0 Å². The fourth-order valence-corrected chi connectivity index (χ4v) is 2.78. The van der Waals surface area contributed by atoms with Crippen molar-refractivity contribution in [3.05, 3.63) is 65.2 Å². The number of para-hydroxylation sites is 1. The van der Waals surface area contributed by atoms with E-state index in [0.29, 0.717) is 13.1 Å². The van der Waals surface area contributed by atoms with Crippen LogP contribution in [0.25, 0.3) is 0 Å². The number of aliphatic hydroxyl groups is 1. The largest absolute Gasteiger partial charge is 0.395 e. The molecule has 0 aliphatic heterocycles. The number of hydrogen-bond acceptors (Lipinski definition) is 3. The van der Waals surface area contributed by atoms with Gasteiger partial charge in [0.25, 0.3) is 0 Å². The molecule has 4 nitrogen and oxygen atoms in total. The van der Waals surface area contributed by atoms with E-state index < -0.39 is 0 Å². The van der Waals surface area contributed by atoms with E-state index in [2.05, 4.69) is 12.2 Å². The van der Waals surface area contributed by atoms with Crippen LogP contribution in [-0.4, -0.2) is 35.6 Å². The van der Waals surface area contributed by atoms with Crippen LogP contribution >= 0.6 is 0 Å². The van der Waals surface area contributed by atoms with Crippen molar-refractivity contribution >= 4 is 11.6 Å². The molecule has 0 spiro atoms. The van der Waals surface area contributed by atoms with E-state index in [1.165, 1.54) is 0 Å². The third kappa shape index (κ3) is 5.18. The van der Waals surface area contributed by atoms with Crippen molar-refractivity contribution in [1.29, 1.82) is 0 Å². The van der Waals surface area contributed by atoms with Gasteiger partial charge >= 0.3 is 0 Å². The first kappa shape index (κ1) is 18.2. The molecule has 0 aliphatic rings. The SMILES string of the molecule is CCc1cccc(C)c1NC(=O)CN(CCO)Cc1ccccc1.